The van der Waals surface area contributed by atoms with Crippen LogP contribution in [0.5, 0.6) is 0 Å². The zero-order chi connectivity index (χ0) is 20.7. The predicted molar refractivity (Wildman–Crippen MR) is 112 cm³/mol. The Morgan fingerprint density at radius 1 is 1.17 bits per heavy atom. The number of amides is 1. The molecular weight excluding hydrogens is 378 g/mol. The van der Waals surface area contributed by atoms with Crippen LogP contribution in [0.1, 0.15) is 46.8 Å². The van der Waals surface area contributed by atoms with Gasteiger partial charge in [0.2, 0.25) is 0 Å². The number of nitrogens with zero attached hydrogens (tertiary/aromatic N) is 3. The number of carbonyl (C=O) groups excluding carboxylic acids is 1. The molecule has 152 valence electrons. The fraction of sp³-hybridized carbons (Fsp3) is 0.333. The molecule has 1 atom stereocenters. The quantitative estimate of drug-likeness (QED) is 0.657. The van der Waals surface area contributed by atoms with E-state index < -0.39 is 0 Å². The van der Waals surface area contributed by atoms with Gasteiger partial charge in [0.25, 0.3) is 5.91 Å². The Hall–Kier alpha value is -3.28. The highest BCUT2D eigenvalue weighted by atomic mass is 16.3. The molecule has 1 saturated heterocycles. The summed E-state index contributed by atoms with van der Waals surface area (Å²) in [5, 5.41) is 0. The summed E-state index contributed by atoms with van der Waals surface area (Å²) in [5.74, 6) is 1.07. The average Bonchev–Trinajstić information content (AvgIpc) is 3.10. The van der Waals surface area contributed by atoms with E-state index in [2.05, 4.69) is 4.98 Å². The van der Waals surface area contributed by atoms with Gasteiger partial charge in [-0.05, 0) is 38.2 Å². The highest BCUT2D eigenvalue weighted by Crippen LogP contribution is 2.44. The van der Waals surface area contributed by atoms with Crippen molar-refractivity contribution in [3.63, 3.8) is 0 Å². The first-order valence-corrected chi connectivity index (χ1v) is 10.4. The van der Waals surface area contributed by atoms with Crippen LogP contribution in [0.3, 0.4) is 0 Å². The number of hydrogen-bond donors (Lipinski definition) is 0. The molecule has 1 fully saturated rings. The van der Waals surface area contributed by atoms with Crippen LogP contribution in [0.15, 0.2) is 57.9 Å². The number of piperidine rings is 1. The van der Waals surface area contributed by atoms with Gasteiger partial charge in [-0.1, -0.05) is 30.3 Å². The number of aromatic nitrogens is 2. The average molecular weight is 401 g/mol. The highest BCUT2D eigenvalue weighted by molar-refractivity contribution is 5.91. The summed E-state index contributed by atoms with van der Waals surface area (Å²) in [6.45, 7) is 2.93. The molecule has 2 aliphatic rings. The van der Waals surface area contributed by atoms with Crippen molar-refractivity contribution in [1.82, 2.24) is 14.9 Å². The van der Waals surface area contributed by atoms with Gasteiger partial charge in [0.1, 0.15) is 5.76 Å². The standard InChI is InChI=1S/C24H23N3O3/c1-16-12-19(28)13-20(30-16)23(29)27-11-5-9-24(15-27)10-8-18-14-25-22(26-21(18)24)17-6-3-2-4-7-17/h2-4,6-7,12-14H,5,8-11,15H2,1H3. The van der Waals surface area contributed by atoms with Crippen LogP contribution in [0, 0.1) is 6.92 Å². The fourth-order valence-corrected chi connectivity index (χ4v) is 4.83. The summed E-state index contributed by atoms with van der Waals surface area (Å²) >= 11 is 0. The van der Waals surface area contributed by atoms with Crippen LogP contribution >= 0.6 is 0 Å². The summed E-state index contributed by atoms with van der Waals surface area (Å²) in [4.78, 5) is 36.3. The molecule has 0 N–H and O–H groups in total. The van der Waals surface area contributed by atoms with Crippen molar-refractivity contribution < 1.29 is 9.21 Å². The smallest absolute Gasteiger partial charge is 0.289 e. The van der Waals surface area contributed by atoms with Gasteiger partial charge in [-0.25, -0.2) is 9.97 Å². The Morgan fingerprint density at radius 3 is 2.80 bits per heavy atom. The van der Waals surface area contributed by atoms with Gasteiger partial charge in [0.15, 0.2) is 17.0 Å². The number of benzene rings is 1. The van der Waals surface area contributed by atoms with Crippen molar-refractivity contribution in [2.24, 2.45) is 0 Å². The van der Waals surface area contributed by atoms with E-state index in [1.165, 1.54) is 17.7 Å². The number of likely N-dealkylation sites (tertiary alicyclic amines) is 1. The summed E-state index contributed by atoms with van der Waals surface area (Å²) in [6.07, 6.45) is 5.71. The zero-order valence-electron chi connectivity index (χ0n) is 16.9. The summed E-state index contributed by atoms with van der Waals surface area (Å²) in [7, 11) is 0. The summed E-state index contributed by atoms with van der Waals surface area (Å²) in [6, 6.07) is 12.7. The molecule has 5 rings (SSSR count). The minimum Gasteiger partial charge on any atom is -0.456 e. The third-order valence-corrected chi connectivity index (χ3v) is 6.24. The lowest BCUT2D eigenvalue weighted by Crippen LogP contribution is -2.48. The zero-order valence-corrected chi connectivity index (χ0v) is 16.9. The van der Waals surface area contributed by atoms with Gasteiger partial charge >= 0.3 is 0 Å². The van der Waals surface area contributed by atoms with E-state index >= 15 is 0 Å². The van der Waals surface area contributed by atoms with Crippen LogP contribution < -0.4 is 5.43 Å². The predicted octanol–water partition coefficient (Wildman–Crippen LogP) is 3.53. The summed E-state index contributed by atoms with van der Waals surface area (Å²) < 4.78 is 5.55. The Balaban J connectivity index is 1.48. The van der Waals surface area contributed by atoms with Crippen LogP contribution in [-0.4, -0.2) is 33.9 Å². The van der Waals surface area contributed by atoms with E-state index in [4.69, 9.17) is 9.40 Å². The molecule has 0 radical (unpaired) electrons. The lowest BCUT2D eigenvalue weighted by Gasteiger charge is -2.40. The largest absolute Gasteiger partial charge is 0.456 e. The van der Waals surface area contributed by atoms with Gasteiger partial charge in [0.05, 0.1) is 5.69 Å². The molecule has 1 amide bonds. The minimum absolute atomic E-state index is 0.114. The lowest BCUT2D eigenvalue weighted by molar-refractivity contribution is 0.0597. The molecule has 3 heterocycles. The molecule has 0 saturated carbocycles. The van der Waals surface area contributed by atoms with E-state index in [-0.39, 0.29) is 22.5 Å². The number of fused-ring (bicyclic) bond motifs is 2. The Bertz CT molecular complexity index is 1170. The molecule has 6 nitrogen and oxygen atoms in total. The third-order valence-electron chi connectivity index (χ3n) is 6.24. The summed E-state index contributed by atoms with van der Waals surface area (Å²) in [5.41, 5.74) is 2.86. The van der Waals surface area contributed by atoms with E-state index in [9.17, 15) is 9.59 Å². The second-order valence-electron chi connectivity index (χ2n) is 8.31. The molecule has 1 aliphatic heterocycles. The number of hydrogen-bond acceptors (Lipinski definition) is 5. The monoisotopic (exact) mass is 401 g/mol. The second-order valence-corrected chi connectivity index (χ2v) is 8.31. The van der Waals surface area contributed by atoms with Gasteiger partial charge in [-0.2, -0.15) is 0 Å². The molecule has 2 aromatic heterocycles. The van der Waals surface area contributed by atoms with Crippen molar-refractivity contribution >= 4 is 5.91 Å². The molecule has 1 unspecified atom stereocenters. The van der Waals surface area contributed by atoms with Crippen molar-refractivity contribution in [3.8, 4) is 11.4 Å². The van der Waals surface area contributed by atoms with Crippen molar-refractivity contribution in [1.29, 1.82) is 0 Å². The maximum Gasteiger partial charge on any atom is 0.289 e. The maximum atomic E-state index is 13.1. The number of rotatable bonds is 2. The van der Waals surface area contributed by atoms with Crippen LogP contribution in [0.2, 0.25) is 0 Å². The first kappa shape index (κ1) is 18.7. The molecule has 1 spiro atoms. The minimum atomic E-state index is -0.222. The lowest BCUT2D eigenvalue weighted by atomic mass is 9.77. The first-order valence-electron chi connectivity index (χ1n) is 10.4. The Morgan fingerprint density at radius 2 is 2.00 bits per heavy atom. The number of aryl methyl sites for hydroxylation is 2. The van der Waals surface area contributed by atoms with E-state index in [0.717, 1.165) is 42.8 Å². The van der Waals surface area contributed by atoms with Crippen LogP contribution in [0.4, 0.5) is 0 Å². The Kier molecular flexibility index (Phi) is 4.50. The van der Waals surface area contributed by atoms with E-state index in [0.29, 0.717) is 18.8 Å². The second kappa shape index (κ2) is 7.20. The van der Waals surface area contributed by atoms with E-state index in [1.807, 2.05) is 41.4 Å². The normalized spacial score (nSPS) is 20.4. The van der Waals surface area contributed by atoms with Crippen molar-refractivity contribution in [3.05, 3.63) is 81.7 Å². The molecule has 1 aliphatic carbocycles. The van der Waals surface area contributed by atoms with Crippen molar-refractivity contribution in [2.75, 3.05) is 13.1 Å². The van der Waals surface area contributed by atoms with Crippen LogP contribution in [0.25, 0.3) is 11.4 Å². The SMILES string of the molecule is Cc1cc(=O)cc(C(=O)N2CCCC3(CCc4cnc(-c5ccccc5)nc43)C2)o1. The molecule has 6 heteroatoms. The van der Waals surface area contributed by atoms with Crippen molar-refractivity contribution in [2.45, 2.75) is 38.0 Å². The van der Waals surface area contributed by atoms with Crippen LogP contribution in [-0.2, 0) is 11.8 Å². The molecule has 0 bridgehead atoms. The molecule has 1 aromatic carbocycles. The molecular formula is C24H23N3O3. The van der Waals surface area contributed by atoms with E-state index in [1.54, 1.807) is 6.92 Å². The topological polar surface area (TPSA) is 76.3 Å². The number of carbonyl (C=O) groups is 1. The van der Waals surface area contributed by atoms with Gasteiger partial charge in [-0.15, -0.1) is 0 Å². The Labute approximate surface area is 174 Å². The first-order chi connectivity index (χ1) is 14.5. The fourth-order valence-electron chi connectivity index (χ4n) is 4.83. The van der Waals surface area contributed by atoms with Gasteiger partial charge < -0.3 is 9.32 Å². The van der Waals surface area contributed by atoms with Gasteiger partial charge in [0, 0.05) is 42.4 Å². The van der Waals surface area contributed by atoms with Gasteiger partial charge in [-0.3, -0.25) is 9.59 Å². The molecule has 30 heavy (non-hydrogen) atoms. The highest BCUT2D eigenvalue weighted by Gasteiger charge is 2.45. The third kappa shape index (κ3) is 3.22. The maximum absolute atomic E-state index is 13.1. The molecule has 3 aromatic rings.